The number of nitrogen functional groups attached to an aromatic ring is 1. The Bertz CT molecular complexity index is 345. The molecule has 0 saturated heterocycles. The van der Waals surface area contributed by atoms with Crippen molar-refractivity contribution >= 4 is 17.5 Å². The molecule has 0 aromatic carbocycles. The number of anilines is 2. The average molecular weight is 198 g/mol. The summed E-state index contributed by atoms with van der Waals surface area (Å²) in [7, 11) is 3.09. The van der Waals surface area contributed by atoms with E-state index in [1.165, 1.54) is 7.11 Å². The number of nitrogens with one attached hydrogen (secondary N) is 1. The number of nitrogens with two attached hydrogens (primary N) is 1. The molecule has 3 N–H and O–H groups in total. The molecule has 6 nitrogen and oxygen atoms in total. The van der Waals surface area contributed by atoms with Crippen LogP contribution in [0.4, 0.5) is 11.5 Å². The molecule has 1 aromatic heterocycles. The van der Waals surface area contributed by atoms with E-state index in [1.807, 2.05) is 0 Å². The number of esters is 1. The zero-order chi connectivity index (χ0) is 10.7. The number of aromatic nitrogens is 2. The fourth-order valence-electron chi connectivity index (χ4n) is 1.11. The van der Waals surface area contributed by atoms with Crippen LogP contribution in [0.1, 0.15) is 5.69 Å². The van der Waals surface area contributed by atoms with E-state index in [1.54, 1.807) is 18.7 Å². The number of carbonyl (C=O) groups excluding carboxylic acids is 1. The molecule has 0 amide bonds. The number of rotatable bonds is 3. The van der Waals surface area contributed by atoms with Crippen molar-refractivity contribution in [3.8, 4) is 0 Å². The Hall–Kier alpha value is -1.72. The van der Waals surface area contributed by atoms with Gasteiger partial charge in [-0.3, -0.25) is 9.48 Å². The number of carbonyl (C=O) groups is 1. The third kappa shape index (κ3) is 1.95. The lowest BCUT2D eigenvalue weighted by Gasteiger charge is -2.05. The van der Waals surface area contributed by atoms with Gasteiger partial charge in [-0.1, -0.05) is 0 Å². The van der Waals surface area contributed by atoms with Crippen LogP contribution in [0.15, 0.2) is 0 Å². The Labute approximate surface area is 82.0 Å². The molecule has 1 aromatic rings. The highest BCUT2D eigenvalue weighted by atomic mass is 16.5. The first kappa shape index (κ1) is 10.4. The molecule has 1 rings (SSSR count). The van der Waals surface area contributed by atoms with Gasteiger partial charge in [-0.15, -0.1) is 0 Å². The van der Waals surface area contributed by atoms with Gasteiger partial charge in [0.1, 0.15) is 12.4 Å². The average Bonchev–Trinajstić information content (AvgIpc) is 2.39. The van der Waals surface area contributed by atoms with Crippen molar-refractivity contribution in [2.24, 2.45) is 7.05 Å². The summed E-state index contributed by atoms with van der Waals surface area (Å²) in [5, 5.41) is 6.95. The molecule has 0 aliphatic rings. The molecule has 0 atom stereocenters. The monoisotopic (exact) mass is 198 g/mol. The third-order valence-corrected chi connectivity index (χ3v) is 1.90. The molecule has 78 valence electrons. The Balaban J connectivity index is 2.71. The first-order chi connectivity index (χ1) is 6.56. The fraction of sp³-hybridized carbons (Fsp3) is 0.500. The van der Waals surface area contributed by atoms with Crippen molar-refractivity contribution in [1.82, 2.24) is 9.78 Å². The quantitative estimate of drug-likeness (QED) is 0.662. The summed E-state index contributed by atoms with van der Waals surface area (Å²) < 4.78 is 6.08. The second kappa shape index (κ2) is 3.99. The summed E-state index contributed by atoms with van der Waals surface area (Å²) >= 11 is 0. The molecular formula is C8H14N4O2. The zero-order valence-corrected chi connectivity index (χ0v) is 8.50. The molecule has 14 heavy (non-hydrogen) atoms. The van der Waals surface area contributed by atoms with E-state index in [4.69, 9.17) is 5.73 Å². The van der Waals surface area contributed by atoms with Crippen LogP contribution in [0, 0.1) is 6.92 Å². The molecule has 6 heteroatoms. The molecular weight excluding hydrogens is 184 g/mol. The Morgan fingerprint density at radius 1 is 1.71 bits per heavy atom. The number of ether oxygens (including phenoxy) is 1. The molecule has 0 aliphatic heterocycles. The SMILES string of the molecule is COC(=O)CNc1c(N)c(C)nn1C. The Morgan fingerprint density at radius 3 is 2.79 bits per heavy atom. The Morgan fingerprint density at radius 2 is 2.36 bits per heavy atom. The van der Waals surface area contributed by atoms with Gasteiger partial charge in [-0.05, 0) is 6.92 Å². The largest absolute Gasteiger partial charge is 0.468 e. The smallest absolute Gasteiger partial charge is 0.325 e. The van der Waals surface area contributed by atoms with Gasteiger partial charge in [0.2, 0.25) is 0 Å². The third-order valence-electron chi connectivity index (χ3n) is 1.90. The van der Waals surface area contributed by atoms with E-state index in [9.17, 15) is 4.79 Å². The van der Waals surface area contributed by atoms with Gasteiger partial charge in [0, 0.05) is 7.05 Å². The highest BCUT2D eigenvalue weighted by Gasteiger charge is 2.10. The van der Waals surface area contributed by atoms with Crippen molar-refractivity contribution in [3.63, 3.8) is 0 Å². The van der Waals surface area contributed by atoms with E-state index >= 15 is 0 Å². The van der Waals surface area contributed by atoms with Crippen molar-refractivity contribution < 1.29 is 9.53 Å². The molecule has 0 saturated carbocycles. The molecule has 0 aliphatic carbocycles. The van der Waals surface area contributed by atoms with Gasteiger partial charge in [-0.25, -0.2) is 0 Å². The predicted molar refractivity (Wildman–Crippen MR) is 52.9 cm³/mol. The fourth-order valence-corrected chi connectivity index (χ4v) is 1.11. The van der Waals surface area contributed by atoms with Crippen LogP contribution < -0.4 is 11.1 Å². The lowest BCUT2D eigenvalue weighted by molar-refractivity contribution is -0.138. The van der Waals surface area contributed by atoms with Crippen molar-refractivity contribution in [2.75, 3.05) is 24.7 Å². The van der Waals surface area contributed by atoms with Gasteiger partial charge in [-0.2, -0.15) is 5.10 Å². The van der Waals surface area contributed by atoms with Gasteiger partial charge in [0.25, 0.3) is 0 Å². The summed E-state index contributed by atoms with van der Waals surface area (Å²) in [6, 6.07) is 0. The lowest BCUT2D eigenvalue weighted by Crippen LogP contribution is -2.17. The number of aryl methyl sites for hydroxylation is 2. The van der Waals surface area contributed by atoms with Crippen LogP contribution in [-0.4, -0.2) is 29.4 Å². The minimum atomic E-state index is -0.344. The van der Waals surface area contributed by atoms with Crippen LogP contribution in [-0.2, 0) is 16.6 Å². The van der Waals surface area contributed by atoms with Crippen molar-refractivity contribution in [3.05, 3.63) is 5.69 Å². The standard InChI is InChI=1S/C8H14N4O2/c1-5-7(9)8(12(2)11-5)10-4-6(13)14-3/h10H,4,9H2,1-3H3. The van der Waals surface area contributed by atoms with Gasteiger partial charge >= 0.3 is 5.97 Å². The Kier molecular flexibility index (Phi) is 2.95. The number of methoxy groups -OCH3 is 1. The number of hydrogen-bond donors (Lipinski definition) is 2. The topological polar surface area (TPSA) is 82.2 Å². The van der Waals surface area contributed by atoms with E-state index in [0.717, 1.165) is 5.69 Å². The normalized spacial score (nSPS) is 9.93. The number of nitrogens with zero attached hydrogens (tertiary/aromatic N) is 2. The van der Waals surface area contributed by atoms with Crippen LogP contribution in [0.5, 0.6) is 0 Å². The maximum absolute atomic E-state index is 10.9. The molecule has 0 radical (unpaired) electrons. The van der Waals surface area contributed by atoms with Crippen LogP contribution in [0.25, 0.3) is 0 Å². The predicted octanol–water partition coefficient (Wildman–Crippen LogP) is -0.104. The van der Waals surface area contributed by atoms with Gasteiger partial charge < -0.3 is 15.8 Å². The minimum Gasteiger partial charge on any atom is -0.468 e. The molecule has 0 fully saturated rings. The van der Waals surface area contributed by atoms with Crippen LogP contribution in [0.3, 0.4) is 0 Å². The number of hydrogen-bond acceptors (Lipinski definition) is 5. The highest BCUT2D eigenvalue weighted by Crippen LogP contribution is 2.20. The van der Waals surface area contributed by atoms with E-state index in [-0.39, 0.29) is 12.5 Å². The van der Waals surface area contributed by atoms with E-state index in [2.05, 4.69) is 15.2 Å². The van der Waals surface area contributed by atoms with Gasteiger partial charge in [0.05, 0.1) is 18.5 Å². The second-order valence-electron chi connectivity index (χ2n) is 2.90. The van der Waals surface area contributed by atoms with E-state index < -0.39 is 0 Å². The van der Waals surface area contributed by atoms with Crippen LogP contribution in [0.2, 0.25) is 0 Å². The summed E-state index contributed by atoms with van der Waals surface area (Å²) in [6.45, 7) is 1.89. The summed E-state index contributed by atoms with van der Waals surface area (Å²) in [6.07, 6.45) is 0. The minimum absolute atomic E-state index is 0.0830. The van der Waals surface area contributed by atoms with Crippen molar-refractivity contribution in [2.45, 2.75) is 6.92 Å². The summed E-state index contributed by atoms with van der Waals surface area (Å²) in [4.78, 5) is 10.9. The van der Waals surface area contributed by atoms with Crippen molar-refractivity contribution in [1.29, 1.82) is 0 Å². The molecule has 0 spiro atoms. The van der Waals surface area contributed by atoms with E-state index in [0.29, 0.717) is 11.5 Å². The lowest BCUT2D eigenvalue weighted by atomic mass is 10.4. The van der Waals surface area contributed by atoms with Gasteiger partial charge in [0.15, 0.2) is 0 Å². The first-order valence-corrected chi connectivity index (χ1v) is 4.16. The highest BCUT2D eigenvalue weighted by molar-refractivity contribution is 5.76. The molecule has 1 heterocycles. The second-order valence-corrected chi connectivity index (χ2v) is 2.90. The maximum Gasteiger partial charge on any atom is 0.325 e. The zero-order valence-electron chi connectivity index (χ0n) is 8.50. The summed E-state index contributed by atoms with van der Waals surface area (Å²) in [5.41, 5.74) is 7.02. The summed E-state index contributed by atoms with van der Waals surface area (Å²) in [5.74, 6) is 0.288. The molecule has 0 unspecified atom stereocenters. The molecule has 0 bridgehead atoms. The first-order valence-electron chi connectivity index (χ1n) is 4.16. The van der Waals surface area contributed by atoms with Crippen LogP contribution >= 0.6 is 0 Å². The maximum atomic E-state index is 10.9.